The van der Waals surface area contributed by atoms with Gasteiger partial charge in [0.05, 0.1) is 24.9 Å². The molecule has 1 unspecified atom stereocenters. The Kier molecular flexibility index (Phi) is 11.4. The molecule has 0 aromatic carbocycles. The van der Waals surface area contributed by atoms with E-state index in [1.165, 1.54) is 13.0 Å². The highest BCUT2D eigenvalue weighted by Gasteiger charge is 2.27. The Bertz CT molecular complexity index is 442. The van der Waals surface area contributed by atoms with Crippen molar-refractivity contribution in [2.75, 3.05) is 32.8 Å². The van der Waals surface area contributed by atoms with E-state index in [9.17, 15) is 13.2 Å². The van der Waals surface area contributed by atoms with E-state index in [-0.39, 0.29) is 11.4 Å². The maximum Gasteiger partial charge on any atom is 0.330 e. The molecule has 0 aliphatic heterocycles. The number of hydrogen-bond donors (Lipinski definition) is 1. The summed E-state index contributed by atoms with van der Waals surface area (Å²) >= 11 is 0. The van der Waals surface area contributed by atoms with Gasteiger partial charge in [0.1, 0.15) is 13.2 Å². The molecule has 0 aliphatic rings. The van der Waals surface area contributed by atoms with Crippen LogP contribution in [0.5, 0.6) is 0 Å². The Morgan fingerprint density at radius 1 is 1.27 bits per heavy atom. The first-order valence-electron chi connectivity index (χ1n) is 7.31. The predicted molar refractivity (Wildman–Crippen MR) is 84.4 cm³/mol. The summed E-state index contributed by atoms with van der Waals surface area (Å²) < 4.78 is 36.9. The molecule has 7 nitrogen and oxygen atoms in total. The first-order chi connectivity index (χ1) is 9.70. The molecule has 1 atom stereocenters. The summed E-state index contributed by atoms with van der Waals surface area (Å²) in [5, 5.41) is -0.779. The molecule has 132 valence electrons. The smallest absolute Gasteiger partial charge is 0.330 e. The number of quaternary nitrogens is 1. The van der Waals surface area contributed by atoms with Gasteiger partial charge >= 0.3 is 5.97 Å². The van der Waals surface area contributed by atoms with Crippen molar-refractivity contribution in [2.45, 2.75) is 39.4 Å². The Labute approximate surface area is 133 Å². The topological polar surface area (TPSA) is 111 Å². The number of esters is 1. The van der Waals surface area contributed by atoms with Crippen molar-refractivity contribution in [2.24, 2.45) is 0 Å². The van der Waals surface area contributed by atoms with Crippen molar-refractivity contribution in [3.8, 4) is 0 Å². The van der Waals surface area contributed by atoms with Gasteiger partial charge in [0.15, 0.2) is 0 Å². The summed E-state index contributed by atoms with van der Waals surface area (Å²) in [5.41, 5.74) is 0. The first-order valence-corrected chi connectivity index (χ1v) is 8.82. The van der Waals surface area contributed by atoms with Crippen molar-refractivity contribution in [3.05, 3.63) is 12.2 Å². The quantitative estimate of drug-likeness (QED) is 0.279. The second-order valence-corrected chi connectivity index (χ2v) is 7.04. The molecule has 0 fully saturated rings. The summed E-state index contributed by atoms with van der Waals surface area (Å²) in [5.74, 6) is -0.367. The SMILES string of the molecule is CC=CC(=O)OCC[N+](CC)(CC)CCC(C)S(=O)(=O)O.[OH-]. The minimum Gasteiger partial charge on any atom is -0.870 e. The highest BCUT2D eigenvalue weighted by atomic mass is 32.2. The third-order valence-corrected chi connectivity index (χ3v) is 5.23. The van der Waals surface area contributed by atoms with Crippen molar-refractivity contribution < 1.29 is 32.5 Å². The number of rotatable bonds is 10. The van der Waals surface area contributed by atoms with Crippen LogP contribution in [0.4, 0.5) is 0 Å². The van der Waals surface area contributed by atoms with Gasteiger partial charge < -0.3 is 14.7 Å². The van der Waals surface area contributed by atoms with E-state index in [2.05, 4.69) is 0 Å². The number of hydrogen-bond acceptors (Lipinski definition) is 5. The zero-order valence-corrected chi connectivity index (χ0v) is 14.7. The number of likely N-dealkylation sites (N-methyl/N-ethyl adjacent to an activating group) is 1. The molecule has 0 aromatic rings. The van der Waals surface area contributed by atoms with Crippen LogP contribution in [-0.2, 0) is 19.6 Å². The second-order valence-electron chi connectivity index (χ2n) is 5.20. The highest BCUT2D eigenvalue weighted by Crippen LogP contribution is 2.12. The fourth-order valence-corrected chi connectivity index (χ4v) is 2.50. The zero-order valence-electron chi connectivity index (χ0n) is 13.9. The molecule has 22 heavy (non-hydrogen) atoms. The lowest BCUT2D eigenvalue weighted by Gasteiger charge is -2.37. The van der Waals surface area contributed by atoms with Crippen LogP contribution in [0.15, 0.2) is 12.2 Å². The lowest BCUT2D eigenvalue weighted by atomic mass is 10.2. The zero-order chi connectivity index (χ0) is 16.5. The molecular formula is C14H29NO6S. The lowest BCUT2D eigenvalue weighted by molar-refractivity contribution is -0.925. The van der Waals surface area contributed by atoms with Gasteiger partial charge in [0.25, 0.3) is 10.1 Å². The van der Waals surface area contributed by atoms with Gasteiger partial charge in [-0.15, -0.1) is 0 Å². The minimum atomic E-state index is -3.99. The molecule has 0 spiro atoms. The van der Waals surface area contributed by atoms with Crippen LogP contribution in [-0.4, -0.2) is 66.9 Å². The summed E-state index contributed by atoms with van der Waals surface area (Å²) in [7, 11) is -3.99. The van der Waals surface area contributed by atoms with Crippen molar-refractivity contribution >= 4 is 16.1 Å². The minimum absolute atomic E-state index is 0. The van der Waals surface area contributed by atoms with E-state index in [0.29, 0.717) is 30.6 Å². The summed E-state index contributed by atoms with van der Waals surface area (Å²) in [4.78, 5) is 11.3. The maximum atomic E-state index is 11.3. The van der Waals surface area contributed by atoms with Gasteiger partial charge in [-0.05, 0) is 27.7 Å². The van der Waals surface area contributed by atoms with Gasteiger partial charge in [0, 0.05) is 12.5 Å². The van der Waals surface area contributed by atoms with Crippen LogP contribution in [0.1, 0.15) is 34.1 Å². The van der Waals surface area contributed by atoms with Crippen molar-refractivity contribution in [1.29, 1.82) is 0 Å². The molecule has 0 heterocycles. The summed E-state index contributed by atoms with van der Waals surface area (Å²) in [6.45, 7) is 10.5. The van der Waals surface area contributed by atoms with Crippen molar-refractivity contribution in [3.63, 3.8) is 0 Å². The van der Waals surface area contributed by atoms with E-state index in [4.69, 9.17) is 9.29 Å². The Morgan fingerprint density at radius 2 is 1.82 bits per heavy atom. The maximum absolute atomic E-state index is 11.3. The molecular weight excluding hydrogens is 310 g/mol. The number of carbonyl (C=O) groups is 1. The van der Waals surface area contributed by atoms with Gasteiger partial charge in [-0.1, -0.05) is 6.08 Å². The van der Waals surface area contributed by atoms with E-state index >= 15 is 0 Å². The van der Waals surface area contributed by atoms with Crippen LogP contribution >= 0.6 is 0 Å². The number of ether oxygens (including phenoxy) is 1. The van der Waals surface area contributed by atoms with Gasteiger partial charge in [-0.3, -0.25) is 4.55 Å². The number of nitrogens with zero attached hydrogens (tertiary/aromatic N) is 1. The molecule has 0 aromatic heterocycles. The summed E-state index contributed by atoms with van der Waals surface area (Å²) in [6.07, 6.45) is 3.37. The number of allylic oxidation sites excluding steroid dienone is 1. The molecule has 0 amide bonds. The monoisotopic (exact) mass is 339 g/mol. The van der Waals surface area contributed by atoms with Crippen molar-refractivity contribution in [1.82, 2.24) is 0 Å². The first kappa shape index (κ1) is 23.3. The Hall–Kier alpha value is -0.960. The lowest BCUT2D eigenvalue weighted by Crippen LogP contribution is -2.51. The van der Waals surface area contributed by atoms with Crippen LogP contribution in [0.3, 0.4) is 0 Å². The molecule has 0 saturated heterocycles. The van der Waals surface area contributed by atoms with E-state index in [1.807, 2.05) is 13.8 Å². The molecule has 2 N–H and O–H groups in total. The highest BCUT2D eigenvalue weighted by molar-refractivity contribution is 7.86. The van der Waals surface area contributed by atoms with E-state index < -0.39 is 15.4 Å². The predicted octanol–water partition coefficient (Wildman–Crippen LogP) is 1.45. The number of carbonyl (C=O) groups excluding carboxylic acids is 1. The van der Waals surface area contributed by atoms with Crippen LogP contribution in [0.25, 0.3) is 0 Å². The average Bonchev–Trinajstić information content (AvgIpc) is 2.41. The molecule has 0 radical (unpaired) electrons. The fraction of sp³-hybridized carbons (Fsp3) is 0.786. The van der Waals surface area contributed by atoms with Gasteiger partial charge in [-0.2, -0.15) is 8.42 Å². The standard InChI is InChI=1S/C14H27NO5S.H2O/c1-5-8-14(16)20-12-11-15(6-2,7-3)10-9-13(4)21(17,18)19;/h5,8,13H,6-7,9-12H2,1-4H3;1H2. The van der Waals surface area contributed by atoms with Crippen LogP contribution in [0.2, 0.25) is 0 Å². The molecule has 0 aliphatic carbocycles. The molecule has 0 saturated carbocycles. The second kappa shape index (κ2) is 10.7. The van der Waals surface area contributed by atoms with Crippen LogP contribution < -0.4 is 0 Å². The van der Waals surface area contributed by atoms with Gasteiger partial charge in [0.2, 0.25) is 0 Å². The molecule has 0 bridgehead atoms. The third-order valence-electron chi connectivity index (χ3n) is 3.97. The Morgan fingerprint density at radius 3 is 2.23 bits per heavy atom. The Balaban J connectivity index is 0. The largest absolute Gasteiger partial charge is 0.870 e. The molecule has 8 heteroatoms. The third kappa shape index (κ3) is 8.47. The summed E-state index contributed by atoms with van der Waals surface area (Å²) in [6, 6.07) is 0. The van der Waals surface area contributed by atoms with E-state index in [0.717, 1.165) is 13.1 Å². The average molecular weight is 339 g/mol. The fourth-order valence-electron chi connectivity index (χ4n) is 2.10. The van der Waals surface area contributed by atoms with E-state index in [1.54, 1.807) is 13.0 Å². The van der Waals surface area contributed by atoms with Gasteiger partial charge in [-0.25, -0.2) is 4.79 Å². The van der Waals surface area contributed by atoms with Crippen LogP contribution in [0, 0.1) is 0 Å². The normalized spacial score (nSPS) is 13.7. The molecule has 0 rings (SSSR count).